The van der Waals surface area contributed by atoms with E-state index < -0.39 is 0 Å². The smallest absolute Gasteiger partial charge is 0.244 e. The molecule has 1 aromatic heterocycles. The lowest BCUT2D eigenvalue weighted by molar-refractivity contribution is -0.135. The van der Waals surface area contributed by atoms with Crippen molar-refractivity contribution in [2.24, 2.45) is 7.05 Å². The highest BCUT2D eigenvalue weighted by Gasteiger charge is 2.28. The molecule has 0 bridgehead atoms. The molecule has 10 heteroatoms. The topological polar surface area (TPSA) is 62.6 Å². The predicted molar refractivity (Wildman–Crippen MR) is 119 cm³/mol. The summed E-state index contributed by atoms with van der Waals surface area (Å²) < 4.78 is 7.47. The van der Waals surface area contributed by atoms with Gasteiger partial charge in [-0.25, -0.2) is 0 Å². The molecule has 1 fully saturated rings. The molecular weight excluding hydrogens is 437 g/mol. The highest BCUT2D eigenvalue weighted by molar-refractivity contribution is 6.32. The molecule has 2 heterocycles. The highest BCUT2D eigenvalue weighted by atomic mass is 35.5. The van der Waals surface area contributed by atoms with Crippen LogP contribution in [0.15, 0.2) is 36.7 Å². The molecule has 2 aromatic rings. The number of hydrogen-bond acceptors (Lipinski definition) is 5. The second-order valence-corrected chi connectivity index (χ2v) is 7.02. The number of benzene rings is 1. The van der Waals surface area contributed by atoms with Crippen LogP contribution < -0.4 is 10.1 Å². The van der Waals surface area contributed by atoms with Crippen LogP contribution in [0.3, 0.4) is 0 Å². The van der Waals surface area contributed by atoms with Crippen molar-refractivity contribution in [3.05, 3.63) is 47.2 Å². The van der Waals surface area contributed by atoms with Gasteiger partial charge in [0.15, 0.2) is 0 Å². The number of nitrogens with one attached hydrogen (secondary N) is 1. The van der Waals surface area contributed by atoms with E-state index in [1.54, 1.807) is 17.9 Å². The molecule has 0 spiro atoms. The molecule has 0 radical (unpaired) electrons. The highest BCUT2D eigenvalue weighted by Crippen LogP contribution is 2.23. The molecule has 1 unspecified atom stereocenters. The van der Waals surface area contributed by atoms with Crippen molar-refractivity contribution in [1.29, 1.82) is 0 Å². The number of hydrogen-bond donors (Lipinski definition) is 1. The summed E-state index contributed by atoms with van der Waals surface area (Å²) in [5.74, 6) is 0.804. The molecule has 1 amide bonds. The van der Waals surface area contributed by atoms with Gasteiger partial charge in [0.05, 0.1) is 11.2 Å². The number of aromatic nitrogens is 2. The van der Waals surface area contributed by atoms with Crippen LogP contribution in [-0.4, -0.2) is 71.9 Å². The van der Waals surface area contributed by atoms with E-state index >= 15 is 0 Å². The van der Waals surface area contributed by atoms with E-state index in [4.69, 9.17) is 16.3 Å². The van der Waals surface area contributed by atoms with Gasteiger partial charge in [-0.05, 0) is 19.2 Å². The monoisotopic (exact) mass is 463 g/mol. The summed E-state index contributed by atoms with van der Waals surface area (Å²) in [4.78, 5) is 17.1. The van der Waals surface area contributed by atoms with E-state index in [1.165, 1.54) is 0 Å². The zero-order valence-corrected chi connectivity index (χ0v) is 19.0. The molecule has 3 rings (SSSR count). The average molecular weight is 465 g/mol. The number of nitrogens with zero attached hydrogens (tertiary/aromatic N) is 4. The Morgan fingerprint density at radius 3 is 2.52 bits per heavy atom. The Bertz CT molecular complexity index is 766. The van der Waals surface area contributed by atoms with Crippen LogP contribution in [0.4, 0.5) is 0 Å². The fourth-order valence-electron chi connectivity index (χ4n) is 3.24. The van der Waals surface area contributed by atoms with Crippen LogP contribution in [0, 0.1) is 0 Å². The first-order valence-corrected chi connectivity index (χ1v) is 9.50. The second-order valence-electron chi connectivity index (χ2n) is 6.61. The summed E-state index contributed by atoms with van der Waals surface area (Å²) in [7, 11) is 3.65. The molecule has 0 aliphatic carbocycles. The standard InChI is InChI=1S/C19H26ClN5O2.2ClH/c1-21-18(15-13-22-23(2)14-15)19(26)25-9-7-24(8-10-25)11-12-27-17-6-4-3-5-16(17)20;;/h3-6,13-14,18,21H,7-12H2,1-2H3;2*1H. The number of para-hydroxylation sites is 1. The number of likely N-dealkylation sites (N-methyl/N-ethyl adjacent to an activating group) is 1. The molecular formula is C19H28Cl3N5O2. The van der Waals surface area contributed by atoms with Crippen LogP contribution in [0.25, 0.3) is 0 Å². The minimum absolute atomic E-state index is 0. The van der Waals surface area contributed by atoms with Crippen LogP contribution in [0.1, 0.15) is 11.6 Å². The first-order chi connectivity index (χ1) is 13.1. The van der Waals surface area contributed by atoms with Gasteiger partial charge in [0.1, 0.15) is 18.4 Å². The summed E-state index contributed by atoms with van der Waals surface area (Å²) in [5, 5.41) is 7.90. The summed E-state index contributed by atoms with van der Waals surface area (Å²) >= 11 is 6.10. The van der Waals surface area contributed by atoms with Gasteiger partial charge in [-0.15, -0.1) is 24.8 Å². The quantitative estimate of drug-likeness (QED) is 0.682. The Balaban J connectivity index is 0.00000210. The Labute approximate surface area is 189 Å². The average Bonchev–Trinajstić information content (AvgIpc) is 3.10. The fourth-order valence-corrected chi connectivity index (χ4v) is 3.43. The van der Waals surface area contributed by atoms with Gasteiger partial charge in [0.25, 0.3) is 0 Å². The lowest BCUT2D eigenvalue weighted by Crippen LogP contribution is -2.51. The van der Waals surface area contributed by atoms with E-state index in [9.17, 15) is 4.79 Å². The maximum Gasteiger partial charge on any atom is 0.244 e. The van der Waals surface area contributed by atoms with Crippen molar-refractivity contribution in [1.82, 2.24) is 24.9 Å². The van der Waals surface area contributed by atoms with Crippen LogP contribution in [-0.2, 0) is 11.8 Å². The number of halogens is 3. The predicted octanol–water partition coefficient (Wildman–Crippen LogP) is 2.40. The molecule has 29 heavy (non-hydrogen) atoms. The summed E-state index contributed by atoms with van der Waals surface area (Å²) in [6.07, 6.45) is 3.61. The lowest BCUT2D eigenvalue weighted by atomic mass is 10.1. The third-order valence-corrected chi connectivity index (χ3v) is 5.09. The Kier molecular flexibility index (Phi) is 10.8. The van der Waals surface area contributed by atoms with E-state index in [1.807, 2.05) is 42.4 Å². The molecule has 1 aromatic carbocycles. The van der Waals surface area contributed by atoms with E-state index in [0.717, 1.165) is 25.2 Å². The lowest BCUT2D eigenvalue weighted by Gasteiger charge is -2.36. The largest absolute Gasteiger partial charge is 0.491 e. The third-order valence-electron chi connectivity index (χ3n) is 4.78. The van der Waals surface area contributed by atoms with Gasteiger partial charge in [-0.1, -0.05) is 23.7 Å². The van der Waals surface area contributed by atoms with Gasteiger partial charge in [0, 0.05) is 51.5 Å². The van der Waals surface area contributed by atoms with Crippen molar-refractivity contribution in [3.8, 4) is 5.75 Å². The number of rotatable bonds is 7. The zero-order valence-electron chi connectivity index (χ0n) is 16.6. The molecule has 1 aliphatic rings. The Morgan fingerprint density at radius 1 is 1.24 bits per heavy atom. The minimum Gasteiger partial charge on any atom is -0.491 e. The first-order valence-electron chi connectivity index (χ1n) is 9.12. The maximum absolute atomic E-state index is 12.9. The Hall–Kier alpha value is -1.51. The van der Waals surface area contributed by atoms with Crippen molar-refractivity contribution in [2.45, 2.75) is 6.04 Å². The number of amides is 1. The first kappa shape index (κ1) is 25.5. The van der Waals surface area contributed by atoms with Gasteiger partial charge in [-0.3, -0.25) is 14.4 Å². The molecule has 162 valence electrons. The molecule has 1 N–H and O–H groups in total. The van der Waals surface area contributed by atoms with Gasteiger partial charge >= 0.3 is 0 Å². The third kappa shape index (κ3) is 6.76. The number of piperazine rings is 1. The summed E-state index contributed by atoms with van der Waals surface area (Å²) in [6.45, 7) is 4.48. The number of carbonyl (C=O) groups is 1. The van der Waals surface area contributed by atoms with Crippen molar-refractivity contribution in [3.63, 3.8) is 0 Å². The van der Waals surface area contributed by atoms with Crippen molar-refractivity contribution < 1.29 is 9.53 Å². The van der Waals surface area contributed by atoms with E-state index in [0.29, 0.717) is 30.5 Å². The second kappa shape index (κ2) is 12.2. The van der Waals surface area contributed by atoms with E-state index in [2.05, 4.69) is 15.3 Å². The molecule has 1 saturated heterocycles. The Morgan fingerprint density at radius 2 is 1.93 bits per heavy atom. The van der Waals surface area contributed by atoms with Crippen LogP contribution >= 0.6 is 36.4 Å². The summed E-state index contributed by atoms with van der Waals surface area (Å²) in [6, 6.07) is 7.13. The van der Waals surface area contributed by atoms with Crippen molar-refractivity contribution >= 4 is 42.3 Å². The number of carbonyl (C=O) groups excluding carboxylic acids is 1. The van der Waals surface area contributed by atoms with Crippen molar-refractivity contribution in [2.75, 3.05) is 46.4 Å². The molecule has 0 saturated carbocycles. The van der Waals surface area contributed by atoms with Crippen LogP contribution in [0.5, 0.6) is 5.75 Å². The molecule has 1 atom stereocenters. The zero-order chi connectivity index (χ0) is 19.2. The summed E-state index contributed by atoms with van der Waals surface area (Å²) in [5.41, 5.74) is 0.889. The van der Waals surface area contributed by atoms with Gasteiger partial charge in [-0.2, -0.15) is 5.10 Å². The number of ether oxygens (including phenoxy) is 1. The van der Waals surface area contributed by atoms with Crippen LogP contribution in [0.2, 0.25) is 5.02 Å². The SMILES string of the molecule is CNC(C(=O)N1CCN(CCOc2ccccc2Cl)CC1)c1cnn(C)c1.Cl.Cl. The van der Waals surface area contributed by atoms with Gasteiger partial charge in [0.2, 0.25) is 5.91 Å². The molecule has 1 aliphatic heterocycles. The van der Waals surface area contributed by atoms with Gasteiger partial charge < -0.3 is 15.0 Å². The maximum atomic E-state index is 12.9. The van der Waals surface area contributed by atoms with E-state index in [-0.39, 0.29) is 36.8 Å². The molecule has 7 nitrogen and oxygen atoms in total. The fraction of sp³-hybridized carbons (Fsp3) is 0.474. The minimum atomic E-state index is -0.353. The normalized spacial score (nSPS) is 15.2. The number of aryl methyl sites for hydroxylation is 1.